The van der Waals surface area contributed by atoms with Crippen LogP contribution in [0.5, 0.6) is 5.75 Å². The molecule has 0 heterocycles. The standard InChI is InChI=1S/C25H20N2O9/c1-2-9-36-15-11-13(22(30)26-18-7-3-5-16(20(18)28)24(32)33)10-14(12-15)23(31)27-19-8-4-6-17(21(19)29)25(34)35/h2-8,10-12,20-21,28-29H,1,9H2,(H,32,33)(H,34,35). The summed E-state index contributed by atoms with van der Waals surface area (Å²) in [5.41, 5.74) is -1.43. The lowest BCUT2D eigenvalue weighted by Gasteiger charge is -2.15. The van der Waals surface area contributed by atoms with Gasteiger partial charge in [-0.3, -0.25) is 9.59 Å². The summed E-state index contributed by atoms with van der Waals surface area (Å²) >= 11 is 0. The molecule has 0 radical (unpaired) electrons. The van der Waals surface area contributed by atoms with Crippen LogP contribution in [0.25, 0.3) is 0 Å². The van der Waals surface area contributed by atoms with Gasteiger partial charge in [-0.1, -0.05) is 24.8 Å². The van der Waals surface area contributed by atoms with Gasteiger partial charge in [-0.15, -0.1) is 0 Å². The van der Waals surface area contributed by atoms with Gasteiger partial charge in [-0.05, 0) is 42.5 Å². The quantitative estimate of drug-likeness (QED) is 0.407. The topological polar surface area (TPSA) is 183 Å². The van der Waals surface area contributed by atoms with E-state index in [0.717, 1.165) is 6.07 Å². The number of hydrogen-bond donors (Lipinski definition) is 4. The number of carbonyl (C=O) groups excluding carboxylic acids is 2. The Kier molecular flexibility index (Phi) is 8.00. The first-order valence-electron chi connectivity index (χ1n) is 10.4. The Morgan fingerprint density at radius 1 is 0.833 bits per heavy atom. The summed E-state index contributed by atoms with van der Waals surface area (Å²) in [6.07, 6.45) is 5.69. The number of ether oxygens (including phenoxy) is 1. The van der Waals surface area contributed by atoms with Crippen molar-refractivity contribution in [3.8, 4) is 5.75 Å². The molecule has 4 N–H and O–H groups in total. The van der Waals surface area contributed by atoms with Gasteiger partial charge in [0.15, 0.2) is 0 Å². The highest BCUT2D eigenvalue weighted by molar-refractivity contribution is 6.16. The van der Waals surface area contributed by atoms with Crippen molar-refractivity contribution < 1.29 is 44.3 Å². The highest BCUT2D eigenvalue weighted by Gasteiger charge is 2.26. The number of hydrogen-bond acceptors (Lipinski definition) is 7. The van der Waals surface area contributed by atoms with Crippen LogP contribution in [0.2, 0.25) is 0 Å². The number of carbonyl (C=O) groups is 4. The molecular formula is C25H20N2O9. The van der Waals surface area contributed by atoms with Crippen LogP contribution in [0.1, 0.15) is 20.7 Å². The summed E-state index contributed by atoms with van der Waals surface area (Å²) in [7, 11) is 0. The van der Waals surface area contributed by atoms with Crippen LogP contribution in [-0.4, -0.2) is 74.4 Å². The van der Waals surface area contributed by atoms with Crippen molar-refractivity contribution in [2.45, 2.75) is 12.2 Å². The van der Waals surface area contributed by atoms with Crippen molar-refractivity contribution in [1.82, 2.24) is 0 Å². The Labute approximate surface area is 204 Å². The molecule has 2 amide bonds. The van der Waals surface area contributed by atoms with Gasteiger partial charge in [0.1, 0.15) is 24.6 Å². The Balaban J connectivity index is 1.96. The number of aliphatic hydroxyl groups is 2. The highest BCUT2D eigenvalue weighted by Crippen LogP contribution is 2.21. The average Bonchev–Trinajstić information content (AvgIpc) is 2.84. The van der Waals surface area contributed by atoms with E-state index in [9.17, 15) is 29.4 Å². The van der Waals surface area contributed by atoms with Gasteiger partial charge in [-0.2, -0.15) is 0 Å². The molecule has 2 aliphatic rings. The highest BCUT2D eigenvalue weighted by atomic mass is 16.5. The zero-order valence-corrected chi connectivity index (χ0v) is 18.6. The number of allylic oxidation sites excluding steroid dienone is 4. The van der Waals surface area contributed by atoms with E-state index in [1.165, 1.54) is 54.7 Å². The van der Waals surface area contributed by atoms with Crippen molar-refractivity contribution in [1.29, 1.82) is 0 Å². The summed E-state index contributed by atoms with van der Waals surface area (Å²) in [5.74, 6) is -4.47. The fraction of sp³-hybridized carbons (Fsp3) is 0.120. The number of aliphatic carboxylic acids is 2. The fourth-order valence-electron chi connectivity index (χ4n) is 3.21. The average molecular weight is 492 g/mol. The number of carboxylic acids is 2. The molecule has 0 aliphatic heterocycles. The number of aliphatic imine (C=N–C) groups is 2. The van der Waals surface area contributed by atoms with E-state index in [4.69, 9.17) is 14.9 Å². The van der Waals surface area contributed by atoms with Crippen LogP contribution in [0, 0.1) is 0 Å². The SMILES string of the molecule is C=CCOc1cc(C(=O)N=C2C=CC=C(C(=O)O)C2O)cc(C(=O)N=C2C=CC=C(C(=O)O)C2O)c1. The van der Waals surface area contributed by atoms with Crippen molar-refractivity contribution in [2.24, 2.45) is 9.98 Å². The Bertz CT molecular complexity index is 1240. The van der Waals surface area contributed by atoms with Crippen LogP contribution in [0.15, 0.2) is 88.4 Å². The van der Waals surface area contributed by atoms with Crippen molar-refractivity contribution >= 4 is 35.2 Å². The number of rotatable bonds is 7. The first kappa shape index (κ1) is 25.9. The molecule has 11 heteroatoms. The predicted molar refractivity (Wildman–Crippen MR) is 127 cm³/mol. The van der Waals surface area contributed by atoms with Gasteiger partial charge in [-0.25, -0.2) is 19.6 Å². The predicted octanol–water partition coefficient (Wildman–Crippen LogP) is 1.30. The third kappa shape index (κ3) is 5.84. The number of aliphatic hydroxyl groups excluding tert-OH is 2. The Morgan fingerprint density at radius 2 is 1.28 bits per heavy atom. The largest absolute Gasteiger partial charge is 0.490 e. The summed E-state index contributed by atoms with van der Waals surface area (Å²) in [4.78, 5) is 55.8. The van der Waals surface area contributed by atoms with Crippen molar-refractivity contribution in [2.75, 3.05) is 6.61 Å². The van der Waals surface area contributed by atoms with Crippen molar-refractivity contribution in [3.05, 3.63) is 89.6 Å². The maximum Gasteiger partial charge on any atom is 0.334 e. The van der Waals surface area contributed by atoms with E-state index < -0.39 is 36.0 Å². The molecule has 0 fully saturated rings. The zero-order chi connectivity index (χ0) is 26.4. The van der Waals surface area contributed by atoms with E-state index in [0.29, 0.717) is 0 Å². The van der Waals surface area contributed by atoms with Crippen LogP contribution in [0.3, 0.4) is 0 Å². The summed E-state index contributed by atoms with van der Waals surface area (Å²) in [6, 6.07) is 3.72. The summed E-state index contributed by atoms with van der Waals surface area (Å²) in [5, 5.41) is 38.7. The molecule has 0 saturated carbocycles. The second-order valence-electron chi connectivity index (χ2n) is 7.41. The van der Waals surface area contributed by atoms with E-state index in [1.807, 2.05) is 0 Å². The molecule has 2 atom stereocenters. The minimum Gasteiger partial charge on any atom is -0.490 e. The molecule has 0 bridgehead atoms. The first-order valence-corrected chi connectivity index (χ1v) is 10.4. The molecule has 1 aromatic carbocycles. The van der Waals surface area contributed by atoms with Crippen LogP contribution >= 0.6 is 0 Å². The van der Waals surface area contributed by atoms with Crippen LogP contribution in [0.4, 0.5) is 0 Å². The molecule has 0 saturated heterocycles. The summed E-state index contributed by atoms with van der Waals surface area (Å²) < 4.78 is 5.44. The molecule has 36 heavy (non-hydrogen) atoms. The summed E-state index contributed by atoms with van der Waals surface area (Å²) in [6.45, 7) is 3.56. The van der Waals surface area contributed by atoms with Crippen LogP contribution in [-0.2, 0) is 9.59 Å². The minimum atomic E-state index is -1.64. The molecule has 0 spiro atoms. The smallest absolute Gasteiger partial charge is 0.334 e. The van der Waals surface area contributed by atoms with Gasteiger partial charge < -0.3 is 25.2 Å². The molecule has 1 aromatic rings. The van der Waals surface area contributed by atoms with E-state index >= 15 is 0 Å². The molecule has 0 aromatic heterocycles. The molecule has 184 valence electrons. The first-order chi connectivity index (χ1) is 17.1. The maximum absolute atomic E-state index is 12.8. The molecule has 2 unspecified atom stereocenters. The lowest BCUT2D eigenvalue weighted by molar-refractivity contribution is -0.134. The third-order valence-corrected chi connectivity index (χ3v) is 4.96. The lowest BCUT2D eigenvalue weighted by atomic mass is 9.99. The second-order valence-corrected chi connectivity index (χ2v) is 7.41. The van der Waals surface area contributed by atoms with Gasteiger partial charge in [0.25, 0.3) is 11.8 Å². The van der Waals surface area contributed by atoms with E-state index in [1.54, 1.807) is 0 Å². The lowest BCUT2D eigenvalue weighted by Crippen LogP contribution is -2.28. The van der Waals surface area contributed by atoms with E-state index in [-0.39, 0.29) is 46.1 Å². The van der Waals surface area contributed by atoms with E-state index in [2.05, 4.69) is 16.6 Å². The van der Waals surface area contributed by atoms with Crippen molar-refractivity contribution in [3.63, 3.8) is 0 Å². The number of nitrogens with zero attached hydrogens (tertiary/aromatic N) is 2. The zero-order valence-electron chi connectivity index (χ0n) is 18.6. The molecule has 3 rings (SSSR count). The van der Waals surface area contributed by atoms with Crippen LogP contribution < -0.4 is 4.74 Å². The van der Waals surface area contributed by atoms with Gasteiger partial charge in [0.2, 0.25) is 0 Å². The van der Waals surface area contributed by atoms with Gasteiger partial charge >= 0.3 is 11.9 Å². The van der Waals surface area contributed by atoms with Gasteiger partial charge in [0.05, 0.1) is 22.6 Å². The normalized spacial score (nSPS) is 21.1. The molecule has 2 aliphatic carbocycles. The number of amides is 2. The fourth-order valence-corrected chi connectivity index (χ4v) is 3.21. The Hall–Kier alpha value is -4.74. The third-order valence-electron chi connectivity index (χ3n) is 4.96. The maximum atomic E-state index is 12.8. The monoisotopic (exact) mass is 492 g/mol. The van der Waals surface area contributed by atoms with Gasteiger partial charge in [0, 0.05) is 11.1 Å². The molecular weight excluding hydrogens is 472 g/mol. The minimum absolute atomic E-state index is 0.0384. The molecule has 11 nitrogen and oxygen atoms in total. The number of benzene rings is 1. The number of carboxylic acid groups (broad SMARTS) is 2. The Morgan fingerprint density at radius 3 is 1.67 bits per heavy atom. The second kappa shape index (κ2) is 11.1.